The molecule has 2 fully saturated rings. The van der Waals surface area contributed by atoms with Crippen molar-refractivity contribution in [1.29, 1.82) is 0 Å². The van der Waals surface area contributed by atoms with Gasteiger partial charge >= 0.3 is 23.8 Å². The summed E-state index contributed by atoms with van der Waals surface area (Å²) in [5.74, 6) is -0.816. The van der Waals surface area contributed by atoms with Gasteiger partial charge in [-0.1, -0.05) is 18.6 Å². The van der Waals surface area contributed by atoms with Crippen molar-refractivity contribution >= 4 is 41.5 Å². The van der Waals surface area contributed by atoms with E-state index in [2.05, 4.69) is 41.5 Å². The lowest BCUT2D eigenvalue weighted by molar-refractivity contribution is -0.166. The van der Waals surface area contributed by atoms with Crippen LogP contribution >= 0.6 is 11.8 Å². The predicted molar refractivity (Wildman–Crippen MR) is 185 cm³/mol. The number of fused-ring (bicyclic) bond motifs is 1. The lowest BCUT2D eigenvalue weighted by Crippen LogP contribution is -2.47. The van der Waals surface area contributed by atoms with Crippen molar-refractivity contribution in [1.82, 2.24) is 26.6 Å². The van der Waals surface area contributed by atoms with Gasteiger partial charge in [-0.15, -0.1) is 10.2 Å². The molecule has 5 amide bonds. The molecule has 3 aliphatic heterocycles. The molecule has 3 heterocycles. The molecule has 52 heavy (non-hydrogen) atoms. The Morgan fingerprint density at radius 2 is 1.73 bits per heavy atom. The van der Waals surface area contributed by atoms with Gasteiger partial charge in [-0.05, 0) is 64.0 Å². The highest BCUT2D eigenvalue weighted by Gasteiger charge is 2.65. The molecule has 0 bridgehead atoms. The number of methoxy groups -OCH3 is 1. The zero-order valence-electron chi connectivity index (χ0n) is 29.4. The fourth-order valence-electron chi connectivity index (χ4n) is 6.05. The number of ether oxygens (including phenoxy) is 2. The van der Waals surface area contributed by atoms with Gasteiger partial charge in [0.15, 0.2) is 0 Å². The lowest BCUT2D eigenvalue weighted by Gasteiger charge is -2.19. The molecule has 14 nitrogen and oxygen atoms in total. The van der Waals surface area contributed by atoms with E-state index in [0.29, 0.717) is 44.2 Å². The molecule has 0 aromatic heterocycles. The smallest absolute Gasteiger partial charge is 0.442 e. The maximum atomic E-state index is 13.3. The van der Waals surface area contributed by atoms with E-state index in [1.54, 1.807) is 0 Å². The molecule has 1 aromatic rings. The van der Waals surface area contributed by atoms with Crippen molar-refractivity contribution in [2.75, 3.05) is 32.6 Å². The number of urea groups is 1. The molecule has 5 atom stereocenters. The number of carbonyl (C=O) groups is 5. The number of hydrogen-bond acceptors (Lipinski definition) is 10. The van der Waals surface area contributed by atoms with Crippen LogP contribution in [0.25, 0.3) is 0 Å². The predicted octanol–water partition coefficient (Wildman–Crippen LogP) is 3.84. The summed E-state index contributed by atoms with van der Waals surface area (Å²) in [4.78, 5) is 61.2. The van der Waals surface area contributed by atoms with Gasteiger partial charge in [0.1, 0.15) is 6.04 Å². The largest absolute Gasteiger partial charge is 0.469 e. The van der Waals surface area contributed by atoms with Crippen LogP contribution in [0.2, 0.25) is 0 Å². The number of alkyl halides is 3. The lowest BCUT2D eigenvalue weighted by atomic mass is 10.0. The number of rotatable bonds is 22. The molecule has 3 aliphatic rings. The number of unbranched alkanes of at least 4 members (excludes halogenated alkanes) is 3. The number of nitrogens with one attached hydrogen (secondary N) is 5. The average Bonchev–Trinajstić information content (AvgIpc) is 3.75. The van der Waals surface area contributed by atoms with Gasteiger partial charge in [-0.3, -0.25) is 19.2 Å². The summed E-state index contributed by atoms with van der Waals surface area (Å²) in [6.07, 6.45) is 1.10. The minimum atomic E-state index is -4.70. The second-order valence-electron chi connectivity index (χ2n) is 13.1. The van der Waals surface area contributed by atoms with E-state index in [-0.39, 0.29) is 54.1 Å². The zero-order chi connectivity index (χ0) is 37.7. The fourth-order valence-corrected chi connectivity index (χ4v) is 7.60. The third-order valence-electron chi connectivity index (χ3n) is 9.21. The van der Waals surface area contributed by atoms with Crippen LogP contribution in [-0.2, 0) is 29.5 Å². The first-order valence-corrected chi connectivity index (χ1v) is 18.7. The highest BCUT2D eigenvalue weighted by atomic mass is 32.2. The maximum absolute atomic E-state index is 13.3. The number of halogens is 3. The van der Waals surface area contributed by atoms with Gasteiger partial charge in [-0.25, -0.2) is 4.79 Å². The summed E-state index contributed by atoms with van der Waals surface area (Å²) in [6.45, 7) is 3.31. The number of benzene rings is 1. The van der Waals surface area contributed by atoms with Crippen LogP contribution in [0.3, 0.4) is 0 Å². The highest BCUT2D eigenvalue weighted by molar-refractivity contribution is 8.00. The van der Waals surface area contributed by atoms with Gasteiger partial charge in [-0.2, -0.15) is 24.9 Å². The normalized spacial score (nSPS) is 20.9. The highest BCUT2D eigenvalue weighted by Crippen LogP contribution is 2.52. The Kier molecular flexibility index (Phi) is 15.1. The summed E-state index contributed by atoms with van der Waals surface area (Å²) in [5.41, 5.74) is -2.81. The molecule has 288 valence electrons. The van der Waals surface area contributed by atoms with E-state index in [1.165, 1.54) is 19.2 Å². The quantitative estimate of drug-likeness (QED) is 0.0671. The van der Waals surface area contributed by atoms with E-state index >= 15 is 0 Å². The Bertz CT molecular complexity index is 1430. The monoisotopic (exact) mass is 755 g/mol. The molecule has 2 saturated heterocycles. The van der Waals surface area contributed by atoms with Crippen LogP contribution in [0.5, 0.6) is 0 Å². The van der Waals surface area contributed by atoms with Crippen LogP contribution in [0, 0.1) is 0 Å². The van der Waals surface area contributed by atoms with Gasteiger partial charge in [0.05, 0.1) is 25.3 Å². The van der Waals surface area contributed by atoms with Crippen molar-refractivity contribution in [3.8, 4) is 0 Å². The first kappa shape index (κ1) is 40.8. The third-order valence-corrected chi connectivity index (χ3v) is 10.7. The van der Waals surface area contributed by atoms with Crippen LogP contribution in [0.4, 0.5) is 18.0 Å². The third kappa shape index (κ3) is 11.8. The molecule has 4 rings (SSSR count). The molecular formula is C34H48F3N7O7S. The minimum absolute atomic E-state index is 0.0207. The summed E-state index contributed by atoms with van der Waals surface area (Å²) < 4.78 is 50.3. The summed E-state index contributed by atoms with van der Waals surface area (Å²) >= 11 is 1.87. The molecule has 0 radical (unpaired) electrons. The summed E-state index contributed by atoms with van der Waals surface area (Å²) in [5, 5.41) is 20.9. The number of carbonyl (C=O) groups excluding carboxylic acids is 5. The van der Waals surface area contributed by atoms with Gasteiger partial charge in [0, 0.05) is 54.7 Å². The molecule has 1 aromatic carbocycles. The molecule has 5 N–H and O–H groups in total. The van der Waals surface area contributed by atoms with Crippen molar-refractivity contribution in [2.45, 2.75) is 112 Å². The number of amides is 5. The molecule has 18 heteroatoms. The van der Waals surface area contributed by atoms with E-state index in [9.17, 15) is 37.1 Å². The first-order chi connectivity index (χ1) is 24.8. The van der Waals surface area contributed by atoms with E-state index < -0.39 is 35.7 Å². The Hall–Kier alpha value is -3.93. The topological polar surface area (TPSA) is 189 Å². The molecule has 0 aliphatic carbocycles. The second kappa shape index (κ2) is 19.2. The Morgan fingerprint density at radius 3 is 2.42 bits per heavy atom. The minimum Gasteiger partial charge on any atom is -0.469 e. The first-order valence-electron chi connectivity index (χ1n) is 17.7. The van der Waals surface area contributed by atoms with Crippen molar-refractivity contribution in [3.05, 3.63) is 35.4 Å². The number of hydrogen-bond donors (Lipinski definition) is 5. The van der Waals surface area contributed by atoms with Crippen molar-refractivity contribution < 1.29 is 46.6 Å². The van der Waals surface area contributed by atoms with Crippen LogP contribution in [0.15, 0.2) is 34.5 Å². The van der Waals surface area contributed by atoms with Crippen LogP contribution in [-0.4, -0.2) is 97.9 Å². The SMILES string of the molecule is COC(=O)CC[C@H](NC(=O)c1ccc(C2(C(F)(F)F)N=N2)cc1)C(=O)NCCCCCOC(C)CCNC(=O)CCCC[C@@H]1SCC2NC(=O)NC21. The van der Waals surface area contributed by atoms with Gasteiger partial charge < -0.3 is 36.1 Å². The zero-order valence-corrected chi connectivity index (χ0v) is 30.2. The van der Waals surface area contributed by atoms with Gasteiger partial charge in [0.25, 0.3) is 5.91 Å². The number of thioether (sulfide) groups is 1. The summed E-state index contributed by atoms with van der Waals surface area (Å²) in [7, 11) is 1.21. The maximum Gasteiger partial charge on any atom is 0.442 e. The fraction of sp³-hybridized carbons (Fsp3) is 0.676. The standard InChI is InChI=1S/C34H48F3N7O7S/c1-21(16-18-38-27(45)9-5-4-8-26-29-25(20-52-26)41-32(49)42-29)51-19-7-3-6-17-39-31(48)24(14-15-28(46)50-2)40-30(47)22-10-12-23(13-11-22)33(43-44-33)34(35,36)37/h10-13,21,24-26,29H,3-9,14-20H2,1-2H3,(H,38,45)(H,39,48)(H,40,47)(H2,41,42,49)/t21?,24-,25?,26-,29?/m0/s1. The van der Waals surface area contributed by atoms with Crippen molar-refractivity contribution in [2.24, 2.45) is 10.2 Å². The van der Waals surface area contributed by atoms with E-state index in [1.807, 2.05) is 18.7 Å². The number of nitrogens with zero attached hydrogens (tertiary/aromatic N) is 2. The van der Waals surface area contributed by atoms with Gasteiger partial charge in [0.2, 0.25) is 11.8 Å². The molecular weight excluding hydrogens is 707 g/mol. The molecule has 0 spiro atoms. The Labute approximate surface area is 304 Å². The van der Waals surface area contributed by atoms with Crippen LogP contribution in [0.1, 0.15) is 87.1 Å². The Morgan fingerprint density at radius 1 is 0.981 bits per heavy atom. The summed E-state index contributed by atoms with van der Waals surface area (Å²) in [6, 6.07) is 3.84. The molecule has 0 saturated carbocycles. The van der Waals surface area contributed by atoms with E-state index in [4.69, 9.17) is 4.74 Å². The van der Waals surface area contributed by atoms with Crippen LogP contribution < -0.4 is 26.6 Å². The average molecular weight is 756 g/mol. The van der Waals surface area contributed by atoms with E-state index in [0.717, 1.165) is 50.0 Å². The second-order valence-corrected chi connectivity index (χ2v) is 14.4. The Balaban J connectivity index is 1.05. The van der Waals surface area contributed by atoms with Crippen molar-refractivity contribution in [3.63, 3.8) is 0 Å². The number of esters is 1. The molecule has 3 unspecified atom stereocenters.